The smallest absolute Gasteiger partial charge is 0.324 e. The van der Waals surface area contributed by atoms with Crippen LogP contribution in [0.5, 0.6) is 5.75 Å². The molecule has 1 aliphatic heterocycles. The van der Waals surface area contributed by atoms with E-state index in [0.717, 1.165) is 44.2 Å². The van der Waals surface area contributed by atoms with E-state index in [1.165, 1.54) is 11.0 Å². The molecule has 0 bridgehead atoms. The maximum absolute atomic E-state index is 14.0. The average Bonchev–Trinajstić information content (AvgIpc) is 3.47. The molecular weight excluding hydrogens is 375 g/mol. The Bertz CT molecular complexity index is 739. The predicted octanol–water partition coefficient (Wildman–Crippen LogP) is 2.66. The van der Waals surface area contributed by atoms with Crippen molar-refractivity contribution in [3.05, 3.63) is 42.2 Å². The predicted molar refractivity (Wildman–Crippen MR) is 108 cm³/mol. The Morgan fingerprint density at radius 1 is 1.31 bits per heavy atom. The van der Waals surface area contributed by atoms with E-state index in [-0.39, 0.29) is 36.1 Å². The summed E-state index contributed by atoms with van der Waals surface area (Å²) in [6.45, 7) is 5.90. The number of hydrogen-bond donors (Lipinski definition) is 3. The quantitative estimate of drug-likeness (QED) is 0.204. The SMILES string of the molecule is C=CC(NNCCCCCN1CC(=O)NC1=O)c1ccc(F)c(OCC2CC2)c1. The number of ether oxygens (including phenoxy) is 1. The van der Waals surface area contributed by atoms with Gasteiger partial charge in [0.05, 0.1) is 12.6 Å². The molecule has 2 fully saturated rings. The number of imide groups is 1. The summed E-state index contributed by atoms with van der Waals surface area (Å²) in [5, 5.41) is 2.27. The minimum absolute atomic E-state index is 0.156. The van der Waals surface area contributed by atoms with Gasteiger partial charge in [-0.05, 0) is 49.3 Å². The van der Waals surface area contributed by atoms with Crippen molar-refractivity contribution < 1.29 is 18.7 Å². The molecule has 0 aromatic heterocycles. The van der Waals surface area contributed by atoms with Crippen molar-refractivity contribution in [1.29, 1.82) is 0 Å². The largest absolute Gasteiger partial charge is 0.490 e. The van der Waals surface area contributed by atoms with Crippen LogP contribution >= 0.6 is 0 Å². The first-order valence-corrected chi connectivity index (χ1v) is 10.2. The number of hydrogen-bond acceptors (Lipinski definition) is 5. The standard InChI is InChI=1S/C21H29FN4O3/c1-2-18(16-8-9-17(22)19(12-16)29-14-15-6-7-15)25-23-10-4-3-5-11-26-13-20(27)24-21(26)28/h2,8-9,12,15,18,23,25H,1,3-7,10-11,13-14H2,(H,24,27,28). The van der Waals surface area contributed by atoms with E-state index >= 15 is 0 Å². The van der Waals surface area contributed by atoms with Gasteiger partial charge in [0, 0.05) is 13.1 Å². The van der Waals surface area contributed by atoms with Crippen molar-refractivity contribution in [1.82, 2.24) is 21.1 Å². The second kappa shape index (κ2) is 10.4. The molecule has 2 aliphatic rings. The van der Waals surface area contributed by atoms with Crippen LogP contribution in [0.4, 0.5) is 9.18 Å². The molecule has 0 radical (unpaired) electrons. The fourth-order valence-corrected chi connectivity index (χ4v) is 3.13. The maximum atomic E-state index is 14.0. The van der Waals surface area contributed by atoms with Gasteiger partial charge in [-0.3, -0.25) is 15.5 Å². The molecule has 3 amide bonds. The van der Waals surface area contributed by atoms with Crippen LogP contribution in [0.2, 0.25) is 0 Å². The van der Waals surface area contributed by atoms with Gasteiger partial charge in [-0.25, -0.2) is 14.6 Å². The molecule has 3 N–H and O–H groups in total. The number of urea groups is 1. The molecule has 29 heavy (non-hydrogen) atoms. The van der Waals surface area contributed by atoms with Gasteiger partial charge in [-0.15, -0.1) is 6.58 Å². The average molecular weight is 404 g/mol. The van der Waals surface area contributed by atoms with Crippen LogP contribution in [0.3, 0.4) is 0 Å². The summed E-state index contributed by atoms with van der Waals surface area (Å²) in [5.74, 6) is 0.262. The van der Waals surface area contributed by atoms with Gasteiger partial charge >= 0.3 is 6.03 Å². The summed E-state index contributed by atoms with van der Waals surface area (Å²) in [6.07, 6.45) is 6.76. The number of nitrogens with zero attached hydrogens (tertiary/aromatic N) is 1. The highest BCUT2D eigenvalue weighted by atomic mass is 19.1. The number of amides is 3. The van der Waals surface area contributed by atoms with Crippen molar-refractivity contribution >= 4 is 11.9 Å². The molecule has 1 saturated carbocycles. The highest BCUT2D eigenvalue weighted by molar-refractivity contribution is 6.01. The number of carbonyl (C=O) groups is 2. The van der Waals surface area contributed by atoms with Gasteiger partial charge in [-0.2, -0.15) is 0 Å². The summed E-state index contributed by atoms with van der Waals surface area (Å²) in [6, 6.07) is 4.40. The fraction of sp³-hybridized carbons (Fsp3) is 0.524. The minimum Gasteiger partial charge on any atom is -0.490 e. The molecule has 1 heterocycles. The zero-order valence-electron chi connectivity index (χ0n) is 16.6. The normalized spacial score (nSPS) is 17.3. The lowest BCUT2D eigenvalue weighted by molar-refractivity contribution is -0.118. The number of halogens is 1. The fourth-order valence-electron chi connectivity index (χ4n) is 3.13. The summed E-state index contributed by atoms with van der Waals surface area (Å²) < 4.78 is 19.6. The Balaban J connectivity index is 1.34. The summed E-state index contributed by atoms with van der Waals surface area (Å²) in [7, 11) is 0. The molecule has 1 aliphatic carbocycles. The van der Waals surface area contributed by atoms with Crippen molar-refractivity contribution in [2.45, 2.75) is 38.1 Å². The maximum Gasteiger partial charge on any atom is 0.324 e. The van der Waals surface area contributed by atoms with Gasteiger partial charge in [0.25, 0.3) is 0 Å². The number of carbonyl (C=O) groups excluding carboxylic acids is 2. The minimum atomic E-state index is -0.349. The Labute approximate surface area is 170 Å². The molecule has 1 aromatic carbocycles. The third kappa shape index (κ3) is 6.54. The van der Waals surface area contributed by atoms with Crippen molar-refractivity contribution in [3.63, 3.8) is 0 Å². The lowest BCUT2D eigenvalue weighted by Gasteiger charge is -2.18. The molecule has 7 nitrogen and oxygen atoms in total. The number of unbranched alkanes of at least 4 members (excludes halogenated alkanes) is 2. The molecule has 1 aromatic rings. The summed E-state index contributed by atoms with van der Waals surface area (Å²) in [4.78, 5) is 24.1. The lowest BCUT2D eigenvalue weighted by Crippen LogP contribution is -2.35. The van der Waals surface area contributed by atoms with Crippen LogP contribution < -0.4 is 20.9 Å². The van der Waals surface area contributed by atoms with Gasteiger partial charge in [0.1, 0.15) is 6.54 Å². The van der Waals surface area contributed by atoms with Crippen LogP contribution in [0.25, 0.3) is 0 Å². The first-order valence-electron chi connectivity index (χ1n) is 10.2. The van der Waals surface area contributed by atoms with E-state index in [2.05, 4.69) is 22.7 Å². The molecule has 3 rings (SSSR count). The zero-order chi connectivity index (χ0) is 20.6. The number of benzene rings is 1. The van der Waals surface area contributed by atoms with Crippen molar-refractivity contribution in [2.75, 3.05) is 26.2 Å². The lowest BCUT2D eigenvalue weighted by atomic mass is 10.1. The molecule has 1 unspecified atom stereocenters. The highest BCUT2D eigenvalue weighted by Gasteiger charge is 2.25. The first-order chi connectivity index (χ1) is 14.1. The van der Waals surface area contributed by atoms with Crippen molar-refractivity contribution in [2.24, 2.45) is 5.92 Å². The summed E-state index contributed by atoms with van der Waals surface area (Å²) >= 11 is 0. The van der Waals surface area contributed by atoms with Crippen LogP contribution in [0.1, 0.15) is 43.7 Å². The van der Waals surface area contributed by atoms with Crippen LogP contribution in [-0.2, 0) is 4.79 Å². The second-order valence-corrected chi connectivity index (χ2v) is 7.56. The van der Waals surface area contributed by atoms with E-state index in [0.29, 0.717) is 19.1 Å². The number of nitrogens with one attached hydrogen (secondary N) is 3. The summed E-state index contributed by atoms with van der Waals surface area (Å²) in [5.41, 5.74) is 7.24. The van der Waals surface area contributed by atoms with Gasteiger partial charge < -0.3 is 9.64 Å². The Morgan fingerprint density at radius 3 is 2.83 bits per heavy atom. The third-order valence-electron chi connectivity index (χ3n) is 5.08. The van der Waals surface area contributed by atoms with E-state index in [4.69, 9.17) is 4.74 Å². The second-order valence-electron chi connectivity index (χ2n) is 7.56. The van der Waals surface area contributed by atoms with E-state index in [1.54, 1.807) is 18.2 Å². The Hall–Kier alpha value is -2.45. The van der Waals surface area contributed by atoms with Crippen LogP contribution in [-0.4, -0.2) is 43.1 Å². The van der Waals surface area contributed by atoms with Crippen LogP contribution in [0, 0.1) is 11.7 Å². The molecule has 1 saturated heterocycles. The van der Waals surface area contributed by atoms with E-state index in [9.17, 15) is 14.0 Å². The first kappa shape index (κ1) is 21.3. The topological polar surface area (TPSA) is 82.7 Å². The van der Waals surface area contributed by atoms with Gasteiger partial charge in [-0.1, -0.05) is 18.6 Å². The van der Waals surface area contributed by atoms with Gasteiger partial charge in [0.15, 0.2) is 11.6 Å². The van der Waals surface area contributed by atoms with Gasteiger partial charge in [0.2, 0.25) is 5.91 Å². The molecular formula is C21H29FN4O3. The Kier molecular flexibility index (Phi) is 7.60. The monoisotopic (exact) mass is 404 g/mol. The third-order valence-corrected chi connectivity index (χ3v) is 5.08. The number of hydrazine groups is 1. The highest BCUT2D eigenvalue weighted by Crippen LogP contribution is 2.31. The molecule has 158 valence electrons. The van der Waals surface area contributed by atoms with E-state index < -0.39 is 0 Å². The Morgan fingerprint density at radius 2 is 2.14 bits per heavy atom. The zero-order valence-corrected chi connectivity index (χ0v) is 16.6. The molecule has 8 heteroatoms. The van der Waals surface area contributed by atoms with E-state index in [1.807, 2.05) is 0 Å². The number of rotatable bonds is 13. The molecule has 0 spiro atoms. The van der Waals surface area contributed by atoms with Crippen molar-refractivity contribution in [3.8, 4) is 5.75 Å². The van der Waals surface area contributed by atoms with Crippen LogP contribution in [0.15, 0.2) is 30.9 Å². The molecule has 1 atom stereocenters.